The van der Waals surface area contributed by atoms with Crippen molar-refractivity contribution in [2.45, 2.75) is 70.0 Å². The maximum Gasteiger partial charge on any atom is 0.122 e. The van der Waals surface area contributed by atoms with E-state index in [1.165, 1.54) is 25.0 Å². The molecule has 1 aromatic carbocycles. The Balaban J connectivity index is 2.17. The summed E-state index contributed by atoms with van der Waals surface area (Å²) >= 11 is 0. The number of hydrogen-bond donors (Lipinski definition) is 0. The van der Waals surface area contributed by atoms with Crippen molar-refractivity contribution in [1.82, 2.24) is 0 Å². The Morgan fingerprint density at radius 2 is 1.61 bits per heavy atom. The first-order valence-electron chi connectivity index (χ1n) is 9.32. The van der Waals surface area contributed by atoms with Crippen LogP contribution in [0.25, 0.3) is 0 Å². The highest BCUT2D eigenvalue weighted by molar-refractivity contribution is 6.89. The van der Waals surface area contributed by atoms with E-state index in [-0.39, 0.29) is 0 Å². The summed E-state index contributed by atoms with van der Waals surface area (Å²) in [4.78, 5) is 0. The van der Waals surface area contributed by atoms with E-state index in [9.17, 15) is 0 Å². The highest BCUT2D eigenvalue weighted by Crippen LogP contribution is 2.63. The monoisotopic (exact) mass is 346 g/mol. The first-order chi connectivity index (χ1) is 10.6. The van der Waals surface area contributed by atoms with E-state index in [0.29, 0.717) is 0 Å². The van der Waals surface area contributed by atoms with Crippen LogP contribution in [0, 0.1) is 11.8 Å². The second kappa shape index (κ2) is 5.77. The zero-order chi connectivity index (χ0) is 17.0. The summed E-state index contributed by atoms with van der Waals surface area (Å²) in [6, 6.07) is 6.84. The molecule has 2 fully saturated rings. The number of ether oxygens (including phenoxy) is 1. The minimum Gasteiger partial charge on any atom is -0.496 e. The second-order valence-corrected chi connectivity index (χ2v) is 20.4. The van der Waals surface area contributed by atoms with Crippen molar-refractivity contribution >= 4 is 21.3 Å². The van der Waals surface area contributed by atoms with Crippen molar-refractivity contribution in [3.63, 3.8) is 0 Å². The minimum atomic E-state index is -1.37. The number of methoxy groups -OCH3 is 1. The zero-order valence-corrected chi connectivity index (χ0v) is 18.1. The fourth-order valence-electron chi connectivity index (χ4n) is 5.67. The lowest BCUT2D eigenvalue weighted by molar-refractivity contribution is 0.375. The topological polar surface area (TPSA) is 9.23 Å². The molecular formula is C20H34OSi2. The van der Waals surface area contributed by atoms with Gasteiger partial charge in [-0.3, -0.25) is 0 Å². The quantitative estimate of drug-likeness (QED) is 0.658. The molecule has 3 heteroatoms. The van der Waals surface area contributed by atoms with E-state index in [1.807, 2.05) is 7.11 Å². The van der Waals surface area contributed by atoms with Crippen molar-refractivity contribution in [3.05, 3.63) is 23.8 Å². The van der Waals surface area contributed by atoms with E-state index in [2.05, 4.69) is 57.5 Å². The van der Waals surface area contributed by atoms with Gasteiger partial charge in [0.1, 0.15) is 5.75 Å². The van der Waals surface area contributed by atoms with Crippen LogP contribution < -0.4 is 9.92 Å². The standard InChI is InChI=1S/C20H34OSi2/c1-21-16-9-8-10-17(22(2,3)4)19(16)18-14-11-12-15(13-14)20(18)23(5,6)7/h8-10,14-15,18,20H,11-13H2,1-7H3. The molecule has 2 aliphatic carbocycles. The van der Waals surface area contributed by atoms with Crippen LogP contribution in [-0.2, 0) is 0 Å². The molecule has 4 atom stereocenters. The van der Waals surface area contributed by atoms with Gasteiger partial charge in [-0.05, 0) is 47.8 Å². The predicted molar refractivity (Wildman–Crippen MR) is 107 cm³/mol. The van der Waals surface area contributed by atoms with Crippen molar-refractivity contribution < 1.29 is 4.74 Å². The van der Waals surface area contributed by atoms with E-state index < -0.39 is 16.1 Å². The molecule has 0 N–H and O–H groups in total. The lowest BCUT2D eigenvalue weighted by Gasteiger charge is -2.41. The normalized spacial score (nSPS) is 30.7. The van der Waals surface area contributed by atoms with Gasteiger partial charge in [0.05, 0.1) is 15.2 Å². The van der Waals surface area contributed by atoms with Gasteiger partial charge in [-0.1, -0.05) is 63.0 Å². The van der Waals surface area contributed by atoms with Crippen LogP contribution in [0.1, 0.15) is 30.7 Å². The van der Waals surface area contributed by atoms with Crippen molar-refractivity contribution in [1.29, 1.82) is 0 Å². The SMILES string of the molecule is COc1cccc([Si](C)(C)C)c1C1C2CCC(C2)C1[Si](C)(C)C. The summed E-state index contributed by atoms with van der Waals surface area (Å²) < 4.78 is 5.90. The molecule has 23 heavy (non-hydrogen) atoms. The summed E-state index contributed by atoms with van der Waals surface area (Å²) in [5.41, 5.74) is 2.56. The van der Waals surface area contributed by atoms with E-state index in [4.69, 9.17) is 4.74 Å². The Kier molecular flexibility index (Phi) is 4.33. The molecular weight excluding hydrogens is 312 g/mol. The third kappa shape index (κ3) is 2.95. The molecule has 0 heterocycles. The molecule has 4 unspecified atom stereocenters. The molecule has 0 amide bonds. The van der Waals surface area contributed by atoms with Crippen LogP contribution in [0.3, 0.4) is 0 Å². The summed E-state index contributed by atoms with van der Waals surface area (Å²) in [5, 5.41) is 1.65. The molecule has 0 radical (unpaired) electrons. The summed E-state index contributed by atoms with van der Waals surface area (Å²) in [5.74, 6) is 3.82. The average molecular weight is 347 g/mol. The summed E-state index contributed by atoms with van der Waals surface area (Å²) in [7, 11) is -0.691. The molecule has 0 aliphatic heterocycles. The van der Waals surface area contributed by atoms with Crippen LogP contribution in [0.5, 0.6) is 5.75 Å². The van der Waals surface area contributed by atoms with Crippen molar-refractivity contribution in [2.24, 2.45) is 11.8 Å². The Morgan fingerprint density at radius 1 is 0.957 bits per heavy atom. The highest BCUT2D eigenvalue weighted by Gasteiger charge is 2.54. The van der Waals surface area contributed by atoms with Crippen molar-refractivity contribution in [3.8, 4) is 5.75 Å². The second-order valence-electron chi connectivity index (χ2n) is 9.92. The highest BCUT2D eigenvalue weighted by atomic mass is 28.3. The smallest absolute Gasteiger partial charge is 0.122 e. The lowest BCUT2D eigenvalue weighted by Crippen LogP contribution is -2.44. The Labute approximate surface area is 144 Å². The molecule has 0 spiro atoms. The number of rotatable bonds is 4. The molecule has 0 saturated heterocycles. The van der Waals surface area contributed by atoms with Gasteiger partial charge in [0.25, 0.3) is 0 Å². The van der Waals surface area contributed by atoms with Crippen LogP contribution in [0.4, 0.5) is 0 Å². The lowest BCUT2D eigenvalue weighted by atomic mass is 9.82. The Hall–Kier alpha value is -0.546. The average Bonchev–Trinajstić information content (AvgIpc) is 3.05. The Bertz CT molecular complexity index is 582. The van der Waals surface area contributed by atoms with Crippen molar-refractivity contribution in [2.75, 3.05) is 7.11 Å². The van der Waals surface area contributed by atoms with Crippen LogP contribution in [0.15, 0.2) is 18.2 Å². The maximum atomic E-state index is 5.90. The van der Waals surface area contributed by atoms with Crippen LogP contribution in [-0.4, -0.2) is 23.3 Å². The first-order valence-corrected chi connectivity index (χ1v) is 16.4. The predicted octanol–water partition coefficient (Wildman–Crippen LogP) is 5.46. The van der Waals surface area contributed by atoms with Gasteiger partial charge in [-0.15, -0.1) is 0 Å². The van der Waals surface area contributed by atoms with Gasteiger partial charge in [-0.2, -0.15) is 0 Å². The minimum absolute atomic E-state index is 0.762. The van der Waals surface area contributed by atoms with E-state index in [1.54, 1.807) is 10.8 Å². The first kappa shape index (κ1) is 17.3. The fraction of sp³-hybridized carbons (Fsp3) is 0.700. The molecule has 2 saturated carbocycles. The van der Waals surface area contributed by atoms with E-state index in [0.717, 1.165) is 23.3 Å². The number of hydrogen-bond acceptors (Lipinski definition) is 1. The van der Waals surface area contributed by atoms with Gasteiger partial charge in [0.2, 0.25) is 0 Å². The van der Waals surface area contributed by atoms with Gasteiger partial charge in [-0.25, -0.2) is 0 Å². The van der Waals surface area contributed by atoms with Gasteiger partial charge >= 0.3 is 0 Å². The molecule has 1 nitrogen and oxygen atoms in total. The fourth-order valence-corrected chi connectivity index (χ4v) is 10.6. The third-order valence-electron chi connectivity index (χ3n) is 6.34. The molecule has 0 aromatic heterocycles. The number of benzene rings is 1. The molecule has 2 aliphatic rings. The zero-order valence-electron chi connectivity index (χ0n) is 16.1. The van der Waals surface area contributed by atoms with Crippen LogP contribution >= 0.6 is 0 Å². The van der Waals surface area contributed by atoms with Crippen LogP contribution in [0.2, 0.25) is 44.8 Å². The third-order valence-corrected chi connectivity index (χ3v) is 11.2. The molecule has 1 aromatic rings. The molecule has 3 rings (SSSR count). The molecule has 128 valence electrons. The summed E-state index contributed by atoms with van der Waals surface area (Å²) in [6.07, 6.45) is 4.40. The molecule has 2 bridgehead atoms. The summed E-state index contributed by atoms with van der Waals surface area (Å²) in [6.45, 7) is 15.2. The maximum absolute atomic E-state index is 5.90. The van der Waals surface area contributed by atoms with Gasteiger partial charge < -0.3 is 4.74 Å². The van der Waals surface area contributed by atoms with Gasteiger partial charge in [0.15, 0.2) is 0 Å². The van der Waals surface area contributed by atoms with Gasteiger partial charge in [0, 0.05) is 8.07 Å². The number of fused-ring (bicyclic) bond motifs is 2. The largest absolute Gasteiger partial charge is 0.496 e. The Morgan fingerprint density at radius 3 is 2.17 bits per heavy atom. The van der Waals surface area contributed by atoms with E-state index >= 15 is 0 Å².